The zero-order valence-corrected chi connectivity index (χ0v) is 35.7. The number of aryl methyl sites for hydroxylation is 1. The first-order valence-corrected chi connectivity index (χ1v) is 23.1. The molecule has 4 heteroatoms. The molecule has 0 aliphatic heterocycles. The van der Waals surface area contributed by atoms with Crippen molar-refractivity contribution in [2.45, 2.75) is 149 Å². The zero-order chi connectivity index (χ0) is 38.2. The summed E-state index contributed by atoms with van der Waals surface area (Å²) >= 11 is 0. The van der Waals surface area contributed by atoms with Crippen molar-refractivity contribution in [2.24, 2.45) is 69.0 Å². The van der Waals surface area contributed by atoms with E-state index in [1.165, 1.54) is 119 Å². The van der Waals surface area contributed by atoms with Crippen molar-refractivity contribution in [1.29, 1.82) is 0 Å². The molecule has 2 aromatic rings. The van der Waals surface area contributed by atoms with Gasteiger partial charge in [-0.3, -0.25) is 9.97 Å². The van der Waals surface area contributed by atoms with Crippen molar-refractivity contribution in [1.82, 2.24) is 20.6 Å². The Hall–Kier alpha value is -2.30. The Balaban J connectivity index is 0.000000144. The Morgan fingerprint density at radius 3 is 1.60 bits per heavy atom. The van der Waals surface area contributed by atoms with Crippen LogP contribution in [-0.4, -0.2) is 36.1 Å². The summed E-state index contributed by atoms with van der Waals surface area (Å²) in [5.74, 6) is 7.35. The van der Waals surface area contributed by atoms with E-state index in [0.29, 0.717) is 21.7 Å². The predicted molar refractivity (Wildman–Crippen MR) is 229 cm³/mol. The minimum absolute atomic E-state index is 0.363. The Bertz CT molecular complexity index is 1760. The Morgan fingerprint density at radius 1 is 0.582 bits per heavy atom. The number of rotatable bonds is 4. The van der Waals surface area contributed by atoms with Gasteiger partial charge in [-0.05, 0) is 233 Å². The lowest BCUT2D eigenvalue weighted by atomic mass is 9.44. The normalized spacial score (nSPS) is 45.6. The monoisotopic (exact) mass is 743 g/mol. The third-order valence-electron chi connectivity index (χ3n) is 19.5. The molecule has 4 nitrogen and oxygen atoms in total. The third-order valence-corrected chi connectivity index (χ3v) is 19.5. The molecule has 298 valence electrons. The molecule has 0 saturated heterocycles. The average molecular weight is 743 g/mol. The van der Waals surface area contributed by atoms with Gasteiger partial charge in [-0.1, -0.05) is 45.9 Å². The van der Waals surface area contributed by atoms with Gasteiger partial charge in [-0.25, -0.2) is 0 Å². The first kappa shape index (κ1) is 38.2. The first-order valence-electron chi connectivity index (χ1n) is 23.1. The van der Waals surface area contributed by atoms with Crippen molar-refractivity contribution in [3.8, 4) is 0 Å². The lowest BCUT2D eigenvalue weighted by molar-refractivity contribution is -0.0996. The van der Waals surface area contributed by atoms with Crippen LogP contribution < -0.4 is 10.6 Å². The van der Waals surface area contributed by atoms with Crippen LogP contribution in [0.25, 0.3) is 11.1 Å². The van der Waals surface area contributed by atoms with Crippen molar-refractivity contribution in [2.75, 3.05) is 14.1 Å². The molecule has 0 radical (unpaired) electrons. The summed E-state index contributed by atoms with van der Waals surface area (Å²) in [5, 5.41) is 7.16. The average Bonchev–Trinajstić information content (AvgIpc) is 3.74. The molecule has 14 atom stereocenters. The molecule has 2 N–H and O–H groups in total. The van der Waals surface area contributed by atoms with Gasteiger partial charge in [0.25, 0.3) is 0 Å². The van der Waals surface area contributed by atoms with Gasteiger partial charge in [0.15, 0.2) is 0 Å². The molecule has 4 unspecified atom stereocenters. The molecule has 2 aromatic heterocycles. The van der Waals surface area contributed by atoms with Gasteiger partial charge in [-0.2, -0.15) is 0 Å². The fourth-order valence-corrected chi connectivity index (χ4v) is 16.3. The topological polar surface area (TPSA) is 49.8 Å². The molecule has 0 aromatic carbocycles. The fourth-order valence-electron chi connectivity index (χ4n) is 16.3. The van der Waals surface area contributed by atoms with Gasteiger partial charge in [0.1, 0.15) is 0 Å². The van der Waals surface area contributed by atoms with Gasteiger partial charge in [0.05, 0.1) is 0 Å². The van der Waals surface area contributed by atoms with Crippen molar-refractivity contribution in [3.63, 3.8) is 0 Å². The van der Waals surface area contributed by atoms with Crippen LogP contribution >= 0.6 is 0 Å². The number of hydrogen-bond donors (Lipinski definition) is 2. The summed E-state index contributed by atoms with van der Waals surface area (Å²) in [6, 6.07) is 8.26. The Morgan fingerprint density at radius 2 is 1.11 bits per heavy atom. The second-order valence-corrected chi connectivity index (χ2v) is 21.4. The van der Waals surface area contributed by atoms with Crippen LogP contribution in [0.2, 0.25) is 0 Å². The molecule has 55 heavy (non-hydrogen) atoms. The number of nitrogens with zero attached hydrogens (tertiary/aromatic N) is 2. The van der Waals surface area contributed by atoms with E-state index < -0.39 is 0 Å². The van der Waals surface area contributed by atoms with Crippen molar-refractivity contribution in [3.05, 3.63) is 71.8 Å². The van der Waals surface area contributed by atoms with E-state index >= 15 is 0 Å². The maximum atomic E-state index is 4.51. The maximum absolute atomic E-state index is 4.51. The van der Waals surface area contributed by atoms with E-state index in [0.717, 1.165) is 59.4 Å². The SMILES string of the molecule is CNC1CC[C@@]2(C)C(CC[C@@H]3[C@@H]2CC[C@]2(C)C(c4cccnc4)=CC[C@@H]32)C1.CNC1CC[C@@]2(C)C(CC[C@@H]3[C@@H]2CC[C@]2(C)C(c4cncc(C)c4)=CC[C@@H]32)C1. The van der Waals surface area contributed by atoms with Crippen LogP contribution in [-0.2, 0) is 0 Å². The highest BCUT2D eigenvalue weighted by molar-refractivity contribution is 5.73. The van der Waals surface area contributed by atoms with E-state index in [4.69, 9.17) is 0 Å². The minimum atomic E-state index is 0.363. The molecule has 0 bridgehead atoms. The molecule has 0 spiro atoms. The van der Waals surface area contributed by atoms with Crippen LogP contribution in [0, 0.1) is 75.9 Å². The standard InChI is InChI=1S/C26H38N2.C25H36N2/c1-17-13-18(16-28-15-17)22-7-8-23-21-6-5-19-14-20(27-4)9-11-25(19,2)24(21)10-12-26(22,23)3;1-24-12-10-19(26-3)15-18(24)6-7-20-22-9-8-21(17-5-4-14-27-16-17)25(22,2)13-11-23(20)24/h7,13,15-16,19-21,23-24,27H,5-6,8-12,14H2,1-4H3;4-5,8,14,16,18-20,22-23,26H,6-7,9-13,15H2,1-3H3/t19?,20?,21-,23-,24-,25-,26+;18?,19?,20-,22-,23-,24-,25+/m00/s1. The summed E-state index contributed by atoms with van der Waals surface area (Å²) in [6.07, 6.45) is 35.8. The second kappa shape index (κ2) is 14.5. The molecule has 6 saturated carbocycles. The number of aromatic nitrogens is 2. The molecule has 0 amide bonds. The van der Waals surface area contributed by atoms with Gasteiger partial charge in [0, 0.05) is 36.9 Å². The van der Waals surface area contributed by atoms with Crippen LogP contribution in [0.3, 0.4) is 0 Å². The van der Waals surface area contributed by atoms with Crippen molar-refractivity contribution < 1.29 is 0 Å². The summed E-state index contributed by atoms with van der Waals surface area (Å²) in [7, 11) is 4.33. The Labute approximate surface area is 335 Å². The molecular formula is C51H74N4. The molecule has 8 aliphatic rings. The maximum Gasteiger partial charge on any atom is 0.0343 e. The van der Waals surface area contributed by atoms with Gasteiger partial charge < -0.3 is 10.6 Å². The molecule has 10 rings (SSSR count). The number of pyridine rings is 2. The first-order chi connectivity index (χ1) is 26.5. The van der Waals surface area contributed by atoms with Crippen LogP contribution in [0.15, 0.2) is 55.1 Å². The van der Waals surface area contributed by atoms with E-state index in [-0.39, 0.29) is 0 Å². The molecule has 2 heterocycles. The molecule has 8 aliphatic carbocycles. The van der Waals surface area contributed by atoms with E-state index in [1.54, 1.807) is 11.1 Å². The largest absolute Gasteiger partial charge is 0.317 e. The second-order valence-electron chi connectivity index (χ2n) is 21.4. The van der Waals surface area contributed by atoms with Crippen molar-refractivity contribution >= 4 is 11.1 Å². The summed E-state index contributed by atoms with van der Waals surface area (Å²) in [5.41, 5.74) is 9.17. The molecular weight excluding hydrogens is 669 g/mol. The number of hydrogen-bond acceptors (Lipinski definition) is 4. The lowest BCUT2D eigenvalue weighted by Gasteiger charge is -2.61. The van der Waals surface area contributed by atoms with Gasteiger partial charge in [0.2, 0.25) is 0 Å². The summed E-state index contributed by atoms with van der Waals surface area (Å²) in [6.45, 7) is 12.7. The smallest absolute Gasteiger partial charge is 0.0343 e. The van der Waals surface area contributed by atoms with Gasteiger partial charge in [-0.15, -0.1) is 0 Å². The zero-order valence-electron chi connectivity index (χ0n) is 35.7. The highest BCUT2D eigenvalue weighted by Crippen LogP contribution is 2.69. The third kappa shape index (κ3) is 6.18. The van der Waals surface area contributed by atoms with E-state index in [2.05, 4.69) is 112 Å². The number of fused-ring (bicyclic) bond motifs is 10. The predicted octanol–water partition coefficient (Wildman–Crippen LogP) is 11.7. The lowest BCUT2D eigenvalue weighted by Crippen LogP contribution is -2.54. The van der Waals surface area contributed by atoms with Gasteiger partial charge >= 0.3 is 0 Å². The highest BCUT2D eigenvalue weighted by Gasteiger charge is 2.60. The van der Waals surface area contributed by atoms with Crippen LogP contribution in [0.1, 0.15) is 147 Å². The molecule has 6 fully saturated rings. The van der Waals surface area contributed by atoms with E-state index in [9.17, 15) is 0 Å². The quantitative estimate of drug-likeness (QED) is 0.327. The highest BCUT2D eigenvalue weighted by atomic mass is 14.9. The van der Waals surface area contributed by atoms with Crippen LogP contribution in [0.5, 0.6) is 0 Å². The minimum Gasteiger partial charge on any atom is -0.317 e. The Kier molecular flexibility index (Phi) is 10.1. The summed E-state index contributed by atoms with van der Waals surface area (Å²) in [4.78, 5) is 8.93. The number of allylic oxidation sites excluding steroid dienone is 4. The summed E-state index contributed by atoms with van der Waals surface area (Å²) < 4.78 is 0. The van der Waals surface area contributed by atoms with Crippen LogP contribution in [0.4, 0.5) is 0 Å². The fraction of sp³-hybridized carbons (Fsp3) is 0.725. The number of nitrogens with one attached hydrogen (secondary N) is 2. The van der Waals surface area contributed by atoms with E-state index in [1.807, 2.05) is 12.4 Å².